The van der Waals surface area contributed by atoms with Crippen molar-refractivity contribution in [2.24, 2.45) is 0 Å². The van der Waals surface area contributed by atoms with Gasteiger partial charge in [0.15, 0.2) is 11.6 Å². The second kappa shape index (κ2) is 8.92. The van der Waals surface area contributed by atoms with E-state index in [1.165, 1.54) is 12.1 Å². The largest absolute Gasteiger partial charge is 0.513 e. The number of rotatable bonds is 6. The third-order valence-electron chi connectivity index (χ3n) is 3.74. The molecule has 0 amide bonds. The quantitative estimate of drug-likeness (QED) is 0.528. The molecule has 2 N–H and O–H groups in total. The molecule has 1 heterocycles. The van der Waals surface area contributed by atoms with Gasteiger partial charge in [-0.25, -0.2) is 4.39 Å². The van der Waals surface area contributed by atoms with Gasteiger partial charge in [0, 0.05) is 29.6 Å². The van der Waals surface area contributed by atoms with Gasteiger partial charge in [0.1, 0.15) is 0 Å². The maximum absolute atomic E-state index is 13.4. The van der Waals surface area contributed by atoms with Crippen molar-refractivity contribution < 1.29 is 14.6 Å². The lowest BCUT2D eigenvalue weighted by Gasteiger charge is -2.29. The number of aromatic hydroxyl groups is 1. The van der Waals surface area contributed by atoms with Crippen LogP contribution in [-0.2, 0) is 0 Å². The van der Waals surface area contributed by atoms with Crippen molar-refractivity contribution in [1.82, 2.24) is 0 Å². The summed E-state index contributed by atoms with van der Waals surface area (Å²) in [5.41, 5.74) is 2.38. The summed E-state index contributed by atoms with van der Waals surface area (Å²) in [6.07, 6.45) is 15.6. The number of anilines is 1. The molecule has 3 nitrogen and oxygen atoms in total. The van der Waals surface area contributed by atoms with E-state index in [1.54, 1.807) is 19.1 Å². The Balaban J connectivity index is 2.41. The Hall–Kier alpha value is -2.75. The van der Waals surface area contributed by atoms with Crippen LogP contribution in [0.2, 0.25) is 0 Å². The van der Waals surface area contributed by atoms with Crippen LogP contribution in [0.15, 0.2) is 77.8 Å². The summed E-state index contributed by atoms with van der Waals surface area (Å²) < 4.78 is 13.4. The molecule has 2 rings (SSSR count). The molecule has 0 radical (unpaired) electrons. The molecule has 0 fully saturated rings. The van der Waals surface area contributed by atoms with Crippen molar-refractivity contribution in [3.63, 3.8) is 0 Å². The first kappa shape index (κ1) is 18.6. The number of hydrogen-bond donors (Lipinski definition) is 2. The molecule has 0 saturated heterocycles. The van der Waals surface area contributed by atoms with Crippen molar-refractivity contribution >= 4 is 5.69 Å². The van der Waals surface area contributed by atoms with Gasteiger partial charge < -0.3 is 15.1 Å². The number of phenolic OH excluding ortho intramolecular Hbond substituents is 1. The molecule has 0 bridgehead atoms. The molecule has 0 atom stereocenters. The highest BCUT2D eigenvalue weighted by Gasteiger charge is 2.17. The lowest BCUT2D eigenvalue weighted by Crippen LogP contribution is -2.25. The van der Waals surface area contributed by atoms with E-state index in [2.05, 4.69) is 13.0 Å². The topological polar surface area (TPSA) is 43.7 Å². The summed E-state index contributed by atoms with van der Waals surface area (Å²) in [6.45, 7) is 4.33. The van der Waals surface area contributed by atoms with Crippen molar-refractivity contribution in [2.45, 2.75) is 26.7 Å². The van der Waals surface area contributed by atoms with Gasteiger partial charge in [-0.05, 0) is 37.6 Å². The number of allylic oxidation sites excluding steroid dienone is 7. The van der Waals surface area contributed by atoms with Crippen LogP contribution in [0.5, 0.6) is 5.75 Å². The minimum absolute atomic E-state index is 0.201. The monoisotopic (exact) mass is 341 g/mol. The van der Waals surface area contributed by atoms with Crippen LogP contribution in [0.3, 0.4) is 0 Å². The molecule has 0 saturated carbocycles. The SMILES string of the molecule is CCC/C=C/C=C(\C=C(/C)O)C1=CC=CCN1c1ccc(F)c(O)c1. The van der Waals surface area contributed by atoms with E-state index < -0.39 is 5.82 Å². The van der Waals surface area contributed by atoms with E-state index in [-0.39, 0.29) is 11.5 Å². The van der Waals surface area contributed by atoms with Gasteiger partial charge in [-0.15, -0.1) is 0 Å². The molecular weight excluding hydrogens is 317 g/mol. The summed E-state index contributed by atoms with van der Waals surface area (Å²) >= 11 is 0. The van der Waals surface area contributed by atoms with E-state index in [1.807, 2.05) is 35.3 Å². The Morgan fingerprint density at radius 1 is 1.36 bits per heavy atom. The first-order valence-corrected chi connectivity index (χ1v) is 8.40. The van der Waals surface area contributed by atoms with Crippen LogP contribution in [0.25, 0.3) is 0 Å². The van der Waals surface area contributed by atoms with Crippen LogP contribution in [0.4, 0.5) is 10.1 Å². The van der Waals surface area contributed by atoms with Gasteiger partial charge in [0.2, 0.25) is 0 Å². The molecule has 0 aliphatic carbocycles. The number of hydrogen-bond acceptors (Lipinski definition) is 3. The van der Waals surface area contributed by atoms with Gasteiger partial charge in [0.25, 0.3) is 0 Å². The van der Waals surface area contributed by atoms with Crippen molar-refractivity contribution in [1.29, 1.82) is 0 Å². The average molecular weight is 341 g/mol. The molecule has 0 spiro atoms. The molecule has 132 valence electrons. The van der Waals surface area contributed by atoms with Gasteiger partial charge in [-0.3, -0.25) is 0 Å². The highest BCUT2D eigenvalue weighted by atomic mass is 19.1. The van der Waals surface area contributed by atoms with Crippen molar-refractivity contribution in [3.05, 3.63) is 83.6 Å². The van der Waals surface area contributed by atoms with E-state index in [0.717, 1.165) is 24.1 Å². The number of unbranched alkanes of at least 4 members (excludes halogenated alkanes) is 1. The molecule has 25 heavy (non-hydrogen) atoms. The number of nitrogens with zero attached hydrogens (tertiary/aromatic N) is 1. The third-order valence-corrected chi connectivity index (χ3v) is 3.74. The Kier molecular flexibility index (Phi) is 6.63. The lowest BCUT2D eigenvalue weighted by molar-refractivity contribution is 0.414. The standard InChI is InChI=1S/C21H24FNO2/c1-3-4-5-6-9-17(14-16(2)24)20-10-7-8-13-23(20)18-11-12-19(22)21(25)15-18/h5-12,14-15,24-25H,3-4,13H2,1-2H3/b6-5+,16-14+,17-9+. The van der Waals surface area contributed by atoms with Crippen LogP contribution in [-0.4, -0.2) is 16.8 Å². The smallest absolute Gasteiger partial charge is 0.164 e. The zero-order valence-electron chi connectivity index (χ0n) is 14.6. The highest BCUT2D eigenvalue weighted by Crippen LogP contribution is 2.30. The number of halogens is 1. The Morgan fingerprint density at radius 3 is 2.84 bits per heavy atom. The zero-order chi connectivity index (χ0) is 18.2. The van der Waals surface area contributed by atoms with E-state index in [4.69, 9.17) is 0 Å². The lowest BCUT2D eigenvalue weighted by atomic mass is 10.1. The van der Waals surface area contributed by atoms with E-state index in [0.29, 0.717) is 12.2 Å². The first-order valence-electron chi connectivity index (χ1n) is 8.40. The van der Waals surface area contributed by atoms with Gasteiger partial charge in [0.05, 0.1) is 5.76 Å². The molecule has 0 unspecified atom stereocenters. The fraction of sp³-hybridized carbons (Fsp3) is 0.238. The Bertz CT molecular complexity index is 753. The van der Waals surface area contributed by atoms with Crippen LogP contribution in [0.1, 0.15) is 26.7 Å². The normalized spacial score (nSPS) is 15.8. The number of aliphatic hydroxyl groups is 1. The molecule has 1 aliphatic heterocycles. The van der Waals surface area contributed by atoms with Crippen molar-refractivity contribution in [2.75, 3.05) is 11.4 Å². The van der Waals surface area contributed by atoms with Gasteiger partial charge >= 0.3 is 0 Å². The van der Waals surface area contributed by atoms with Gasteiger partial charge in [-0.1, -0.05) is 43.7 Å². The number of aliphatic hydroxyl groups excluding tert-OH is 1. The minimum Gasteiger partial charge on any atom is -0.513 e. The molecular formula is C21H24FNO2. The van der Waals surface area contributed by atoms with Crippen LogP contribution in [0, 0.1) is 5.82 Å². The Labute approximate surface area is 148 Å². The fourth-order valence-electron chi connectivity index (χ4n) is 2.55. The van der Waals surface area contributed by atoms with E-state index >= 15 is 0 Å². The summed E-state index contributed by atoms with van der Waals surface area (Å²) in [6, 6.07) is 4.28. The third kappa shape index (κ3) is 5.11. The number of phenols is 1. The summed E-state index contributed by atoms with van der Waals surface area (Å²) in [5, 5.41) is 19.4. The molecule has 0 aromatic heterocycles. The maximum Gasteiger partial charge on any atom is 0.164 e. The summed E-state index contributed by atoms with van der Waals surface area (Å²) in [5.74, 6) is -0.827. The van der Waals surface area contributed by atoms with Gasteiger partial charge in [-0.2, -0.15) is 0 Å². The zero-order valence-corrected chi connectivity index (χ0v) is 14.6. The predicted molar refractivity (Wildman–Crippen MR) is 101 cm³/mol. The average Bonchev–Trinajstić information content (AvgIpc) is 2.60. The fourth-order valence-corrected chi connectivity index (χ4v) is 2.55. The first-order chi connectivity index (χ1) is 12.0. The summed E-state index contributed by atoms with van der Waals surface area (Å²) in [4.78, 5) is 1.96. The van der Waals surface area contributed by atoms with Crippen LogP contribution >= 0.6 is 0 Å². The Morgan fingerprint density at radius 2 is 2.16 bits per heavy atom. The second-order valence-corrected chi connectivity index (χ2v) is 5.85. The molecule has 1 aromatic rings. The maximum atomic E-state index is 13.4. The highest BCUT2D eigenvalue weighted by molar-refractivity contribution is 5.63. The summed E-state index contributed by atoms with van der Waals surface area (Å²) in [7, 11) is 0. The minimum atomic E-state index is -0.647. The predicted octanol–water partition coefficient (Wildman–Crippen LogP) is 5.54. The van der Waals surface area contributed by atoms with E-state index in [9.17, 15) is 14.6 Å². The number of benzene rings is 1. The molecule has 1 aliphatic rings. The molecule has 4 heteroatoms. The van der Waals surface area contributed by atoms with Crippen molar-refractivity contribution in [3.8, 4) is 5.75 Å². The second-order valence-electron chi connectivity index (χ2n) is 5.85. The van der Waals surface area contributed by atoms with Crippen LogP contribution < -0.4 is 4.90 Å². The molecule has 1 aromatic carbocycles.